The molecular weight excluding hydrogens is 313 g/mol. The second-order valence-corrected chi connectivity index (χ2v) is 7.31. The van der Waals surface area contributed by atoms with Crippen LogP contribution >= 0.6 is 0 Å². The van der Waals surface area contributed by atoms with Crippen molar-refractivity contribution in [2.24, 2.45) is 5.92 Å². The molecule has 2 aromatic rings. The van der Waals surface area contributed by atoms with Gasteiger partial charge in [0, 0.05) is 25.0 Å². The number of nitrogens with one attached hydrogen (secondary N) is 2. The van der Waals surface area contributed by atoms with E-state index in [1.165, 1.54) is 24.5 Å². The molecule has 0 aliphatic carbocycles. The van der Waals surface area contributed by atoms with Crippen molar-refractivity contribution < 1.29 is 4.39 Å². The molecule has 2 aromatic carbocycles. The first-order valence-electron chi connectivity index (χ1n) is 9.30. The summed E-state index contributed by atoms with van der Waals surface area (Å²) >= 11 is 0. The summed E-state index contributed by atoms with van der Waals surface area (Å²) in [5, 5.41) is 0. The largest absolute Gasteiger partial charge is 0.299 e. The average molecular weight is 339 g/mol. The Hall–Kier alpha value is -1.75. The number of hydrogen-bond donors (Lipinski definition) is 2. The molecular formula is C21H26FN3. The molecule has 0 saturated carbocycles. The molecule has 0 spiro atoms. The Bertz CT molecular complexity index is 683. The highest BCUT2D eigenvalue weighted by molar-refractivity contribution is 5.24. The summed E-state index contributed by atoms with van der Waals surface area (Å²) < 4.78 is 13.6. The molecule has 0 aromatic heterocycles. The van der Waals surface area contributed by atoms with Gasteiger partial charge in [-0.3, -0.25) is 15.8 Å². The molecule has 2 N–H and O–H groups in total. The van der Waals surface area contributed by atoms with Gasteiger partial charge in [0.15, 0.2) is 0 Å². The Morgan fingerprint density at radius 3 is 2.56 bits per heavy atom. The molecule has 25 heavy (non-hydrogen) atoms. The van der Waals surface area contributed by atoms with Gasteiger partial charge in [-0.05, 0) is 55.1 Å². The van der Waals surface area contributed by atoms with E-state index >= 15 is 0 Å². The van der Waals surface area contributed by atoms with Crippen molar-refractivity contribution in [2.75, 3.05) is 19.6 Å². The topological polar surface area (TPSA) is 27.3 Å². The van der Waals surface area contributed by atoms with Crippen molar-refractivity contribution in [3.8, 4) is 0 Å². The van der Waals surface area contributed by atoms with Gasteiger partial charge in [0.25, 0.3) is 0 Å². The summed E-state index contributed by atoms with van der Waals surface area (Å²) in [7, 11) is 0. The van der Waals surface area contributed by atoms with E-state index in [0.717, 1.165) is 31.7 Å². The van der Waals surface area contributed by atoms with Crippen LogP contribution in [0.5, 0.6) is 0 Å². The molecule has 4 heteroatoms. The molecule has 0 bridgehead atoms. The first-order chi connectivity index (χ1) is 12.3. The summed E-state index contributed by atoms with van der Waals surface area (Å²) in [4.78, 5) is 2.55. The maximum absolute atomic E-state index is 13.6. The molecule has 4 rings (SSSR count). The SMILES string of the molecule is Fc1cccc(C2CNNC2C2CCN(Cc3ccccc3)CC2)c1. The maximum atomic E-state index is 13.6. The fourth-order valence-electron chi connectivity index (χ4n) is 4.33. The van der Waals surface area contributed by atoms with Gasteiger partial charge in [0.2, 0.25) is 0 Å². The monoisotopic (exact) mass is 339 g/mol. The third-order valence-electron chi connectivity index (χ3n) is 5.69. The second-order valence-electron chi connectivity index (χ2n) is 7.31. The van der Waals surface area contributed by atoms with E-state index in [1.54, 1.807) is 6.07 Å². The average Bonchev–Trinajstić information content (AvgIpc) is 3.13. The minimum Gasteiger partial charge on any atom is -0.299 e. The Morgan fingerprint density at radius 1 is 1.00 bits per heavy atom. The summed E-state index contributed by atoms with van der Waals surface area (Å²) in [5.41, 5.74) is 9.26. The van der Waals surface area contributed by atoms with Gasteiger partial charge in [0.05, 0.1) is 0 Å². The third-order valence-corrected chi connectivity index (χ3v) is 5.69. The summed E-state index contributed by atoms with van der Waals surface area (Å²) in [6.45, 7) is 4.18. The van der Waals surface area contributed by atoms with Gasteiger partial charge in [-0.2, -0.15) is 0 Å². The Kier molecular flexibility index (Phi) is 5.11. The number of benzene rings is 2. The highest BCUT2D eigenvalue weighted by Gasteiger charge is 2.36. The third kappa shape index (κ3) is 3.92. The van der Waals surface area contributed by atoms with E-state index in [1.807, 2.05) is 6.07 Å². The van der Waals surface area contributed by atoms with Crippen LogP contribution in [0.2, 0.25) is 0 Å². The van der Waals surface area contributed by atoms with Gasteiger partial charge < -0.3 is 0 Å². The van der Waals surface area contributed by atoms with E-state index in [-0.39, 0.29) is 5.82 Å². The highest BCUT2D eigenvalue weighted by Crippen LogP contribution is 2.32. The lowest BCUT2D eigenvalue weighted by Gasteiger charge is -2.36. The first kappa shape index (κ1) is 16.7. The molecule has 2 heterocycles. The van der Waals surface area contributed by atoms with Crippen LogP contribution in [0.25, 0.3) is 0 Å². The molecule has 0 amide bonds. The van der Waals surface area contributed by atoms with Gasteiger partial charge in [-0.1, -0.05) is 42.5 Å². The number of hydrazine groups is 1. The van der Waals surface area contributed by atoms with Crippen LogP contribution in [-0.4, -0.2) is 30.6 Å². The number of likely N-dealkylation sites (tertiary alicyclic amines) is 1. The van der Waals surface area contributed by atoms with Crippen molar-refractivity contribution in [3.63, 3.8) is 0 Å². The number of piperidine rings is 1. The van der Waals surface area contributed by atoms with E-state index in [4.69, 9.17) is 0 Å². The molecule has 2 fully saturated rings. The van der Waals surface area contributed by atoms with Crippen molar-refractivity contribution in [2.45, 2.75) is 31.3 Å². The first-order valence-corrected chi connectivity index (χ1v) is 9.30. The summed E-state index contributed by atoms with van der Waals surface area (Å²) in [6.07, 6.45) is 2.38. The second kappa shape index (κ2) is 7.65. The standard InChI is InChI=1S/C21H26FN3/c22-19-8-4-7-18(13-19)20-14-23-24-21(20)17-9-11-25(12-10-17)15-16-5-2-1-3-6-16/h1-8,13,17,20-21,23-24H,9-12,14-15H2. The lowest BCUT2D eigenvalue weighted by Crippen LogP contribution is -2.44. The van der Waals surface area contributed by atoms with Crippen molar-refractivity contribution in [3.05, 3.63) is 71.5 Å². The van der Waals surface area contributed by atoms with Crippen LogP contribution in [0, 0.1) is 11.7 Å². The maximum Gasteiger partial charge on any atom is 0.123 e. The molecule has 2 aliphatic heterocycles. The van der Waals surface area contributed by atoms with Crippen molar-refractivity contribution in [1.29, 1.82) is 0 Å². The van der Waals surface area contributed by atoms with E-state index in [2.05, 4.69) is 52.1 Å². The van der Waals surface area contributed by atoms with Gasteiger partial charge in [-0.15, -0.1) is 0 Å². The number of nitrogens with zero attached hydrogens (tertiary/aromatic N) is 1. The minimum atomic E-state index is -0.138. The van der Waals surface area contributed by atoms with E-state index < -0.39 is 0 Å². The van der Waals surface area contributed by atoms with Crippen LogP contribution in [-0.2, 0) is 6.54 Å². The molecule has 2 saturated heterocycles. The fraction of sp³-hybridized carbons (Fsp3) is 0.429. The van der Waals surface area contributed by atoms with E-state index in [9.17, 15) is 4.39 Å². The van der Waals surface area contributed by atoms with Gasteiger partial charge in [0.1, 0.15) is 5.82 Å². The number of rotatable bonds is 4. The number of halogens is 1. The summed E-state index contributed by atoms with van der Waals surface area (Å²) in [6, 6.07) is 18.2. The van der Waals surface area contributed by atoms with Gasteiger partial charge >= 0.3 is 0 Å². The molecule has 2 aliphatic rings. The van der Waals surface area contributed by atoms with Crippen molar-refractivity contribution in [1.82, 2.24) is 15.8 Å². The van der Waals surface area contributed by atoms with Crippen LogP contribution < -0.4 is 10.9 Å². The Morgan fingerprint density at radius 2 is 1.80 bits per heavy atom. The Labute approximate surface area is 149 Å². The van der Waals surface area contributed by atoms with Gasteiger partial charge in [-0.25, -0.2) is 4.39 Å². The zero-order chi connectivity index (χ0) is 17.1. The smallest absolute Gasteiger partial charge is 0.123 e. The zero-order valence-corrected chi connectivity index (χ0v) is 14.5. The molecule has 2 unspecified atom stereocenters. The van der Waals surface area contributed by atoms with Crippen LogP contribution in [0.1, 0.15) is 29.9 Å². The van der Waals surface area contributed by atoms with E-state index in [0.29, 0.717) is 17.9 Å². The zero-order valence-electron chi connectivity index (χ0n) is 14.5. The number of hydrogen-bond acceptors (Lipinski definition) is 3. The molecule has 2 atom stereocenters. The van der Waals surface area contributed by atoms with Crippen molar-refractivity contribution >= 4 is 0 Å². The lowest BCUT2D eigenvalue weighted by molar-refractivity contribution is 0.152. The molecule has 0 radical (unpaired) electrons. The normalized spacial score (nSPS) is 25.3. The summed E-state index contributed by atoms with van der Waals surface area (Å²) in [5.74, 6) is 0.845. The fourth-order valence-corrected chi connectivity index (χ4v) is 4.33. The molecule has 3 nitrogen and oxygen atoms in total. The van der Waals surface area contributed by atoms with Crippen LogP contribution in [0.15, 0.2) is 54.6 Å². The quantitative estimate of drug-likeness (QED) is 0.895. The lowest BCUT2D eigenvalue weighted by atomic mass is 9.80. The molecule has 132 valence electrons. The Balaban J connectivity index is 1.37. The predicted octanol–water partition coefficient (Wildman–Crippen LogP) is 3.30. The minimum absolute atomic E-state index is 0.138. The highest BCUT2D eigenvalue weighted by atomic mass is 19.1. The van der Waals surface area contributed by atoms with Crippen LogP contribution in [0.4, 0.5) is 4.39 Å². The predicted molar refractivity (Wildman–Crippen MR) is 98.5 cm³/mol. The van der Waals surface area contributed by atoms with Crippen LogP contribution in [0.3, 0.4) is 0 Å².